The number of pyridine rings is 1. The molecule has 124 valence electrons. The van der Waals surface area contributed by atoms with E-state index < -0.39 is 0 Å². The van der Waals surface area contributed by atoms with Crippen LogP contribution in [0.15, 0.2) is 48.7 Å². The Morgan fingerprint density at radius 3 is 2.67 bits per heavy atom. The minimum absolute atomic E-state index is 0.0536. The average molecular weight is 342 g/mol. The van der Waals surface area contributed by atoms with Crippen LogP contribution in [0.1, 0.15) is 26.0 Å². The fourth-order valence-corrected chi connectivity index (χ4v) is 2.88. The highest BCUT2D eigenvalue weighted by molar-refractivity contribution is 6.30. The van der Waals surface area contributed by atoms with Crippen LogP contribution in [0, 0.1) is 0 Å². The molecule has 2 aromatic heterocycles. The van der Waals surface area contributed by atoms with Crippen molar-refractivity contribution in [1.29, 1.82) is 0 Å². The van der Waals surface area contributed by atoms with E-state index in [-0.39, 0.29) is 11.9 Å². The molecule has 1 aromatic carbocycles. The van der Waals surface area contributed by atoms with Crippen molar-refractivity contribution in [2.45, 2.75) is 32.7 Å². The summed E-state index contributed by atoms with van der Waals surface area (Å²) < 4.78 is 2.05. The molecule has 0 radical (unpaired) electrons. The van der Waals surface area contributed by atoms with Crippen LogP contribution in [-0.2, 0) is 11.2 Å². The zero-order valence-electron chi connectivity index (χ0n) is 13.8. The maximum absolute atomic E-state index is 12.0. The molecule has 0 atom stereocenters. The van der Waals surface area contributed by atoms with Gasteiger partial charge in [-0.2, -0.15) is 0 Å². The summed E-state index contributed by atoms with van der Waals surface area (Å²) in [6.45, 7) is 3.93. The van der Waals surface area contributed by atoms with Crippen molar-refractivity contribution < 1.29 is 4.79 Å². The summed E-state index contributed by atoms with van der Waals surface area (Å²) in [4.78, 5) is 16.8. The van der Waals surface area contributed by atoms with E-state index in [9.17, 15) is 4.79 Å². The Morgan fingerprint density at radius 2 is 1.96 bits per heavy atom. The van der Waals surface area contributed by atoms with Gasteiger partial charge >= 0.3 is 0 Å². The van der Waals surface area contributed by atoms with Crippen LogP contribution >= 0.6 is 11.6 Å². The third-order valence-electron chi connectivity index (χ3n) is 3.79. The van der Waals surface area contributed by atoms with E-state index in [1.165, 1.54) is 0 Å². The molecular formula is C19H20ClN3O. The van der Waals surface area contributed by atoms with Gasteiger partial charge in [0.1, 0.15) is 5.65 Å². The number of aromatic nitrogens is 2. The SMILES string of the molecule is CC(C)NC(=O)CCc1c(-c2ccc(Cl)cc2)nc2ccccn12. The zero-order chi connectivity index (χ0) is 17.1. The lowest BCUT2D eigenvalue weighted by Gasteiger charge is -2.09. The van der Waals surface area contributed by atoms with Crippen molar-refractivity contribution in [2.24, 2.45) is 0 Å². The van der Waals surface area contributed by atoms with Gasteiger partial charge < -0.3 is 9.72 Å². The third kappa shape index (κ3) is 3.60. The van der Waals surface area contributed by atoms with E-state index >= 15 is 0 Å². The molecular weight excluding hydrogens is 322 g/mol. The number of fused-ring (bicyclic) bond motifs is 1. The van der Waals surface area contributed by atoms with Gasteiger partial charge in [0.2, 0.25) is 5.91 Å². The number of benzene rings is 1. The van der Waals surface area contributed by atoms with Crippen molar-refractivity contribution in [3.63, 3.8) is 0 Å². The van der Waals surface area contributed by atoms with E-state index in [1.54, 1.807) is 0 Å². The number of carbonyl (C=O) groups excluding carboxylic acids is 1. The number of rotatable bonds is 5. The molecule has 0 fully saturated rings. The summed E-state index contributed by atoms with van der Waals surface area (Å²) in [6.07, 6.45) is 3.04. The number of amides is 1. The van der Waals surface area contributed by atoms with Gasteiger partial charge in [0.05, 0.1) is 11.4 Å². The standard InChI is InChI=1S/C19H20ClN3O/c1-13(2)21-18(24)11-10-16-19(14-6-8-15(20)9-7-14)22-17-5-3-4-12-23(16)17/h3-9,12-13H,10-11H2,1-2H3,(H,21,24). The monoisotopic (exact) mass is 341 g/mol. The molecule has 0 spiro atoms. The lowest BCUT2D eigenvalue weighted by atomic mass is 10.1. The van der Waals surface area contributed by atoms with Gasteiger partial charge in [0.25, 0.3) is 0 Å². The first-order valence-corrected chi connectivity index (χ1v) is 8.43. The summed E-state index contributed by atoms with van der Waals surface area (Å²) in [5, 5.41) is 3.63. The molecule has 0 bridgehead atoms. The van der Waals surface area contributed by atoms with Gasteiger partial charge in [-0.05, 0) is 44.5 Å². The van der Waals surface area contributed by atoms with Crippen molar-refractivity contribution >= 4 is 23.2 Å². The highest BCUT2D eigenvalue weighted by atomic mass is 35.5. The quantitative estimate of drug-likeness (QED) is 0.759. The summed E-state index contributed by atoms with van der Waals surface area (Å²) in [5.41, 5.74) is 3.81. The van der Waals surface area contributed by atoms with Crippen LogP contribution in [0.3, 0.4) is 0 Å². The Balaban J connectivity index is 1.96. The van der Waals surface area contributed by atoms with E-state index in [0.717, 1.165) is 22.6 Å². The van der Waals surface area contributed by atoms with Gasteiger partial charge in [-0.15, -0.1) is 0 Å². The molecule has 3 rings (SSSR count). The minimum atomic E-state index is 0.0536. The first-order valence-electron chi connectivity index (χ1n) is 8.06. The largest absolute Gasteiger partial charge is 0.354 e. The summed E-state index contributed by atoms with van der Waals surface area (Å²) in [6, 6.07) is 13.7. The van der Waals surface area contributed by atoms with Crippen LogP contribution in [-0.4, -0.2) is 21.3 Å². The number of nitrogens with one attached hydrogen (secondary N) is 1. The minimum Gasteiger partial charge on any atom is -0.354 e. The summed E-state index contributed by atoms with van der Waals surface area (Å²) in [5.74, 6) is 0.0536. The number of nitrogens with zero attached hydrogens (tertiary/aromatic N) is 2. The van der Waals surface area contributed by atoms with Gasteiger partial charge in [-0.25, -0.2) is 4.98 Å². The zero-order valence-corrected chi connectivity index (χ0v) is 14.5. The molecule has 0 saturated heterocycles. The predicted molar refractivity (Wildman–Crippen MR) is 97.2 cm³/mol. The number of imidazole rings is 1. The van der Waals surface area contributed by atoms with E-state index in [4.69, 9.17) is 16.6 Å². The second kappa shape index (κ2) is 7.05. The molecule has 0 aliphatic rings. The second-order valence-electron chi connectivity index (χ2n) is 6.07. The number of hydrogen-bond acceptors (Lipinski definition) is 2. The van der Waals surface area contributed by atoms with Crippen LogP contribution in [0.4, 0.5) is 0 Å². The number of aryl methyl sites for hydroxylation is 1. The highest BCUT2D eigenvalue weighted by Gasteiger charge is 2.15. The smallest absolute Gasteiger partial charge is 0.220 e. The van der Waals surface area contributed by atoms with Crippen molar-refractivity contribution in [3.8, 4) is 11.3 Å². The lowest BCUT2D eigenvalue weighted by molar-refractivity contribution is -0.121. The fraction of sp³-hybridized carbons (Fsp3) is 0.263. The number of hydrogen-bond donors (Lipinski definition) is 1. The maximum atomic E-state index is 12.0. The van der Waals surface area contributed by atoms with Crippen molar-refractivity contribution in [2.75, 3.05) is 0 Å². The normalized spacial score (nSPS) is 11.2. The summed E-state index contributed by atoms with van der Waals surface area (Å²) in [7, 11) is 0. The predicted octanol–water partition coefficient (Wildman–Crippen LogP) is 4.11. The van der Waals surface area contributed by atoms with Gasteiger partial charge in [0, 0.05) is 29.2 Å². The molecule has 4 nitrogen and oxygen atoms in total. The van der Waals surface area contributed by atoms with Gasteiger partial charge in [-0.3, -0.25) is 4.79 Å². The molecule has 0 aliphatic carbocycles. The first kappa shape index (κ1) is 16.5. The van der Waals surface area contributed by atoms with Crippen molar-refractivity contribution in [3.05, 3.63) is 59.4 Å². The van der Waals surface area contributed by atoms with Crippen LogP contribution in [0.2, 0.25) is 5.02 Å². The Bertz CT molecular complexity index is 853. The summed E-state index contributed by atoms with van der Waals surface area (Å²) >= 11 is 5.99. The Hall–Kier alpha value is -2.33. The topological polar surface area (TPSA) is 46.4 Å². The second-order valence-corrected chi connectivity index (χ2v) is 6.50. The molecule has 0 aliphatic heterocycles. The van der Waals surface area contributed by atoms with Crippen LogP contribution in [0.25, 0.3) is 16.9 Å². The van der Waals surface area contributed by atoms with Gasteiger partial charge in [-0.1, -0.05) is 29.8 Å². The Morgan fingerprint density at radius 1 is 1.21 bits per heavy atom. The maximum Gasteiger partial charge on any atom is 0.220 e. The van der Waals surface area contributed by atoms with E-state index in [2.05, 4.69) is 5.32 Å². The molecule has 3 aromatic rings. The molecule has 1 amide bonds. The van der Waals surface area contributed by atoms with E-state index in [0.29, 0.717) is 17.9 Å². The molecule has 5 heteroatoms. The highest BCUT2D eigenvalue weighted by Crippen LogP contribution is 2.26. The average Bonchev–Trinajstić information content (AvgIpc) is 2.91. The number of halogens is 1. The van der Waals surface area contributed by atoms with Crippen molar-refractivity contribution in [1.82, 2.24) is 14.7 Å². The number of carbonyl (C=O) groups is 1. The molecule has 0 unspecified atom stereocenters. The van der Waals surface area contributed by atoms with Crippen LogP contribution in [0.5, 0.6) is 0 Å². The molecule has 24 heavy (non-hydrogen) atoms. The Kier molecular flexibility index (Phi) is 4.86. The fourth-order valence-electron chi connectivity index (χ4n) is 2.75. The molecule has 1 N–H and O–H groups in total. The van der Waals surface area contributed by atoms with Gasteiger partial charge in [0.15, 0.2) is 0 Å². The van der Waals surface area contributed by atoms with Crippen LogP contribution < -0.4 is 5.32 Å². The first-order chi connectivity index (χ1) is 11.5. The Labute approximate surface area is 146 Å². The third-order valence-corrected chi connectivity index (χ3v) is 4.04. The molecule has 0 saturated carbocycles. The lowest BCUT2D eigenvalue weighted by Crippen LogP contribution is -2.30. The van der Waals surface area contributed by atoms with E-state index in [1.807, 2.05) is 66.9 Å². The molecule has 2 heterocycles.